The van der Waals surface area contributed by atoms with Crippen molar-refractivity contribution in [3.63, 3.8) is 0 Å². The van der Waals surface area contributed by atoms with Gasteiger partial charge < -0.3 is 20.4 Å². The van der Waals surface area contributed by atoms with E-state index in [0.717, 1.165) is 56.2 Å². The molecule has 2 N–H and O–H groups in total. The molecule has 1 saturated carbocycles. The molecule has 3 aliphatic rings. The Balaban J connectivity index is 0.00000240. The van der Waals surface area contributed by atoms with Crippen LogP contribution in [-0.4, -0.2) is 55.0 Å². The van der Waals surface area contributed by atoms with Gasteiger partial charge in [0, 0.05) is 45.5 Å². The predicted octanol–water partition coefficient (Wildman–Crippen LogP) is 4.27. The summed E-state index contributed by atoms with van der Waals surface area (Å²) in [6.45, 7) is 4.68. The lowest BCUT2D eigenvalue weighted by Crippen LogP contribution is -2.40. The number of likely N-dealkylation sites (tertiary alicyclic amines) is 2. The quantitative estimate of drug-likeness (QED) is 0.362. The third-order valence-electron chi connectivity index (χ3n) is 6.64. The van der Waals surface area contributed by atoms with E-state index in [2.05, 4.69) is 32.7 Å². The minimum Gasteiger partial charge on any atom is -0.352 e. The van der Waals surface area contributed by atoms with Gasteiger partial charge in [-0.1, -0.05) is 25.0 Å². The Kier molecular flexibility index (Phi) is 7.65. The molecule has 0 atom stereocenters. The van der Waals surface area contributed by atoms with Crippen LogP contribution in [0.1, 0.15) is 50.5 Å². The number of nitrogens with zero attached hydrogens (tertiary/aromatic N) is 3. The highest BCUT2D eigenvalue weighted by Crippen LogP contribution is 2.45. The van der Waals surface area contributed by atoms with Gasteiger partial charge in [0.25, 0.3) is 0 Å². The molecule has 160 valence electrons. The molecule has 0 aromatic heterocycles. The first-order valence-corrected chi connectivity index (χ1v) is 10.8. The fraction of sp³-hybridized carbons (Fsp3) is 0.636. The van der Waals surface area contributed by atoms with Gasteiger partial charge in [0.1, 0.15) is 0 Å². The number of benzene rings is 1. The van der Waals surface area contributed by atoms with Crippen LogP contribution in [0.25, 0.3) is 0 Å². The van der Waals surface area contributed by atoms with Gasteiger partial charge in [0.2, 0.25) is 0 Å². The number of halogens is 1. The van der Waals surface area contributed by atoms with E-state index >= 15 is 0 Å². The highest BCUT2D eigenvalue weighted by atomic mass is 127. The summed E-state index contributed by atoms with van der Waals surface area (Å²) >= 11 is 0. The molecule has 6 nitrogen and oxygen atoms in total. The minimum absolute atomic E-state index is 0. The van der Waals surface area contributed by atoms with Gasteiger partial charge in [-0.2, -0.15) is 0 Å². The Morgan fingerprint density at radius 3 is 2.55 bits per heavy atom. The smallest absolute Gasteiger partial charge is 0.321 e. The van der Waals surface area contributed by atoms with Crippen molar-refractivity contribution in [1.82, 2.24) is 15.1 Å². The largest absolute Gasteiger partial charge is 0.352 e. The van der Waals surface area contributed by atoms with Crippen LogP contribution >= 0.6 is 24.0 Å². The van der Waals surface area contributed by atoms with Crippen molar-refractivity contribution in [2.75, 3.05) is 38.5 Å². The topological polar surface area (TPSA) is 60.0 Å². The van der Waals surface area contributed by atoms with Gasteiger partial charge in [-0.25, -0.2) is 4.79 Å². The van der Waals surface area contributed by atoms with Crippen LogP contribution < -0.4 is 10.6 Å². The molecule has 2 heterocycles. The number of amides is 2. The highest BCUT2D eigenvalue weighted by molar-refractivity contribution is 14.0. The summed E-state index contributed by atoms with van der Waals surface area (Å²) < 4.78 is 0. The maximum Gasteiger partial charge on any atom is 0.321 e. The van der Waals surface area contributed by atoms with Gasteiger partial charge in [0.15, 0.2) is 5.96 Å². The molecule has 7 heteroatoms. The average Bonchev–Trinajstić information content (AvgIpc) is 3.46. The molecule has 2 aliphatic heterocycles. The first-order chi connectivity index (χ1) is 13.7. The van der Waals surface area contributed by atoms with E-state index in [4.69, 9.17) is 0 Å². The number of anilines is 1. The lowest BCUT2D eigenvalue weighted by molar-refractivity contribution is 0.222. The molecule has 0 bridgehead atoms. The molecule has 2 amide bonds. The van der Waals surface area contributed by atoms with E-state index in [9.17, 15) is 4.79 Å². The number of hydrogen-bond donors (Lipinski definition) is 2. The summed E-state index contributed by atoms with van der Waals surface area (Å²) in [5.74, 6) is 0.996. The molecule has 0 unspecified atom stereocenters. The molecule has 0 radical (unpaired) electrons. The van der Waals surface area contributed by atoms with E-state index in [-0.39, 0.29) is 30.0 Å². The zero-order valence-electron chi connectivity index (χ0n) is 17.5. The van der Waals surface area contributed by atoms with Crippen molar-refractivity contribution >= 4 is 41.7 Å². The van der Waals surface area contributed by atoms with Crippen LogP contribution in [0.2, 0.25) is 0 Å². The van der Waals surface area contributed by atoms with Crippen molar-refractivity contribution in [2.24, 2.45) is 10.4 Å². The second kappa shape index (κ2) is 10.00. The Labute approximate surface area is 191 Å². The van der Waals surface area contributed by atoms with Crippen LogP contribution in [0, 0.1) is 5.41 Å². The monoisotopic (exact) mass is 511 g/mol. The van der Waals surface area contributed by atoms with Crippen molar-refractivity contribution in [3.05, 3.63) is 29.8 Å². The first-order valence-electron chi connectivity index (χ1n) is 10.8. The Morgan fingerprint density at radius 2 is 1.83 bits per heavy atom. The van der Waals surface area contributed by atoms with Crippen molar-refractivity contribution in [3.8, 4) is 0 Å². The second-order valence-corrected chi connectivity index (χ2v) is 8.60. The number of urea groups is 1. The number of hydrogen-bond acceptors (Lipinski definition) is 2. The van der Waals surface area contributed by atoms with Gasteiger partial charge in [-0.3, -0.25) is 4.99 Å². The van der Waals surface area contributed by atoms with E-state index in [0.29, 0.717) is 12.0 Å². The normalized spacial score (nSPS) is 20.8. The summed E-state index contributed by atoms with van der Waals surface area (Å²) in [4.78, 5) is 21.1. The lowest BCUT2D eigenvalue weighted by atomic mass is 9.86. The molecule has 1 aromatic rings. The zero-order valence-corrected chi connectivity index (χ0v) is 19.8. The van der Waals surface area contributed by atoms with Gasteiger partial charge in [0.05, 0.1) is 0 Å². The molecule has 1 aliphatic carbocycles. The van der Waals surface area contributed by atoms with E-state index in [1.807, 2.05) is 24.1 Å². The van der Waals surface area contributed by atoms with E-state index in [1.54, 1.807) is 0 Å². The zero-order chi connectivity index (χ0) is 19.4. The number of guanidine groups is 1. The van der Waals surface area contributed by atoms with Crippen molar-refractivity contribution < 1.29 is 4.79 Å². The molecule has 4 rings (SSSR count). The predicted molar refractivity (Wildman–Crippen MR) is 129 cm³/mol. The standard InChI is InChI=1S/C22H33N5O.HI/c1-23-20(27-14-11-22(17-27)9-2-3-10-22)24-16-18-7-6-8-19(15-18)25-21(28)26-12-4-5-13-26;/h6-8,15H,2-5,9-14,16-17H2,1H3,(H,23,24)(H,25,28);1H. The van der Waals surface area contributed by atoms with E-state index < -0.39 is 0 Å². The third-order valence-corrected chi connectivity index (χ3v) is 6.64. The SMILES string of the molecule is CN=C(NCc1cccc(NC(=O)N2CCCC2)c1)N1CCC2(CCCC2)C1.I. The molecular weight excluding hydrogens is 477 g/mol. The molecule has 1 aromatic carbocycles. The summed E-state index contributed by atoms with van der Waals surface area (Å²) in [6.07, 6.45) is 9.03. The Morgan fingerprint density at radius 1 is 1.07 bits per heavy atom. The third kappa shape index (κ3) is 5.35. The van der Waals surface area contributed by atoms with Crippen LogP contribution in [0.4, 0.5) is 10.5 Å². The van der Waals surface area contributed by atoms with Crippen LogP contribution in [-0.2, 0) is 6.54 Å². The fourth-order valence-electron chi connectivity index (χ4n) is 5.04. The molecule has 3 fully saturated rings. The number of carbonyl (C=O) groups excluding carboxylic acids is 1. The molecule has 1 spiro atoms. The van der Waals surface area contributed by atoms with Crippen molar-refractivity contribution in [2.45, 2.75) is 51.5 Å². The number of rotatable bonds is 3. The second-order valence-electron chi connectivity index (χ2n) is 8.60. The Bertz CT molecular complexity index is 726. The lowest BCUT2D eigenvalue weighted by Gasteiger charge is -2.26. The molecular formula is C22H34IN5O. The maximum absolute atomic E-state index is 12.3. The van der Waals surface area contributed by atoms with Crippen LogP contribution in [0.15, 0.2) is 29.3 Å². The molecule has 29 heavy (non-hydrogen) atoms. The number of aliphatic imine (C=N–C) groups is 1. The van der Waals surface area contributed by atoms with Gasteiger partial charge in [-0.05, 0) is 55.2 Å². The first kappa shape index (κ1) is 22.2. The Hall–Kier alpha value is -1.51. The van der Waals surface area contributed by atoms with E-state index in [1.165, 1.54) is 32.1 Å². The number of carbonyl (C=O) groups is 1. The number of nitrogens with one attached hydrogen (secondary N) is 2. The highest BCUT2D eigenvalue weighted by Gasteiger charge is 2.41. The van der Waals surface area contributed by atoms with Crippen LogP contribution in [0.3, 0.4) is 0 Å². The summed E-state index contributed by atoms with van der Waals surface area (Å²) in [5, 5.41) is 6.55. The minimum atomic E-state index is 0. The van der Waals surface area contributed by atoms with Crippen LogP contribution in [0.5, 0.6) is 0 Å². The summed E-state index contributed by atoms with van der Waals surface area (Å²) in [7, 11) is 1.87. The maximum atomic E-state index is 12.3. The van der Waals surface area contributed by atoms with Crippen molar-refractivity contribution in [1.29, 1.82) is 0 Å². The molecule has 2 saturated heterocycles. The van der Waals surface area contributed by atoms with Gasteiger partial charge in [-0.15, -0.1) is 24.0 Å². The van der Waals surface area contributed by atoms with Gasteiger partial charge >= 0.3 is 6.03 Å². The summed E-state index contributed by atoms with van der Waals surface area (Å²) in [6, 6.07) is 8.11. The fourth-order valence-corrected chi connectivity index (χ4v) is 5.04. The summed E-state index contributed by atoms with van der Waals surface area (Å²) in [5.41, 5.74) is 2.55. The average molecular weight is 511 g/mol.